The second-order valence-corrected chi connectivity index (χ2v) is 6.53. The molecule has 106 valence electrons. The number of amides is 1. The molecule has 1 aromatic heterocycles. The highest BCUT2D eigenvalue weighted by Gasteiger charge is 2.26. The highest BCUT2D eigenvalue weighted by atomic mass is 32.1. The average Bonchev–Trinajstić information content (AvgIpc) is 2.80. The second-order valence-electron chi connectivity index (χ2n) is 5.49. The van der Waals surface area contributed by atoms with Gasteiger partial charge < -0.3 is 10.1 Å². The van der Waals surface area contributed by atoms with Gasteiger partial charge in [-0.05, 0) is 11.4 Å². The van der Waals surface area contributed by atoms with Crippen LogP contribution in [0.15, 0.2) is 17.5 Å². The number of ketones is 1. The summed E-state index contributed by atoms with van der Waals surface area (Å²) in [5.41, 5.74) is -0.397. The van der Waals surface area contributed by atoms with E-state index in [0.717, 1.165) is 4.88 Å². The quantitative estimate of drug-likeness (QED) is 0.903. The Hall–Kier alpha value is -1.36. The van der Waals surface area contributed by atoms with E-state index < -0.39 is 11.5 Å². The summed E-state index contributed by atoms with van der Waals surface area (Å²) in [6, 6.07) is 3.73. The summed E-state index contributed by atoms with van der Waals surface area (Å²) in [6.45, 7) is 5.65. The molecule has 0 aromatic carbocycles. The lowest BCUT2D eigenvalue weighted by molar-refractivity contribution is -0.126. The lowest BCUT2D eigenvalue weighted by Gasteiger charge is -2.22. The van der Waals surface area contributed by atoms with Crippen LogP contribution in [-0.4, -0.2) is 25.0 Å². The Morgan fingerprint density at radius 3 is 2.58 bits per heavy atom. The zero-order valence-electron chi connectivity index (χ0n) is 11.9. The molecular formula is C14H21NO3S. The summed E-state index contributed by atoms with van der Waals surface area (Å²) in [5.74, 6) is 0.130. The molecule has 1 aromatic rings. The lowest BCUT2D eigenvalue weighted by Crippen LogP contribution is -2.39. The van der Waals surface area contributed by atoms with Crippen molar-refractivity contribution in [2.24, 2.45) is 5.41 Å². The predicted molar refractivity (Wildman–Crippen MR) is 76.4 cm³/mol. The molecule has 0 bridgehead atoms. The van der Waals surface area contributed by atoms with E-state index in [1.165, 1.54) is 7.11 Å². The molecule has 0 fully saturated rings. The van der Waals surface area contributed by atoms with Crippen LogP contribution in [0.2, 0.25) is 0 Å². The van der Waals surface area contributed by atoms with Gasteiger partial charge in [0.1, 0.15) is 5.78 Å². The van der Waals surface area contributed by atoms with Crippen molar-refractivity contribution in [3.63, 3.8) is 0 Å². The van der Waals surface area contributed by atoms with Crippen molar-refractivity contribution in [1.29, 1.82) is 0 Å². The van der Waals surface area contributed by atoms with E-state index in [9.17, 15) is 9.59 Å². The van der Waals surface area contributed by atoms with Crippen molar-refractivity contribution >= 4 is 23.2 Å². The Morgan fingerprint density at radius 2 is 2.11 bits per heavy atom. The largest absolute Gasteiger partial charge is 0.453 e. The van der Waals surface area contributed by atoms with Gasteiger partial charge in [-0.3, -0.25) is 4.79 Å². The molecule has 0 aliphatic rings. The minimum atomic E-state index is -0.497. The maximum Gasteiger partial charge on any atom is 0.407 e. The Balaban J connectivity index is 2.69. The molecule has 1 heterocycles. The molecule has 1 amide bonds. The van der Waals surface area contributed by atoms with Crippen molar-refractivity contribution in [2.45, 2.75) is 39.7 Å². The molecule has 1 atom stereocenters. The first kappa shape index (κ1) is 15.7. The number of hydrogen-bond donors (Lipinski definition) is 1. The number of carbonyl (C=O) groups is 2. The predicted octanol–water partition coefficient (Wildman–Crippen LogP) is 3.02. The first-order valence-electron chi connectivity index (χ1n) is 6.23. The summed E-state index contributed by atoms with van der Waals surface area (Å²) in [6.07, 6.45) is 0.466. The lowest BCUT2D eigenvalue weighted by atomic mass is 9.86. The zero-order chi connectivity index (χ0) is 14.5. The van der Waals surface area contributed by atoms with Gasteiger partial charge in [-0.1, -0.05) is 26.8 Å². The number of nitrogens with one attached hydrogen (secondary N) is 1. The van der Waals surface area contributed by atoms with Crippen LogP contribution in [0.25, 0.3) is 0 Å². The van der Waals surface area contributed by atoms with Crippen LogP contribution < -0.4 is 5.32 Å². The molecule has 0 aliphatic heterocycles. The Bertz CT molecular complexity index is 420. The van der Waals surface area contributed by atoms with Crippen LogP contribution in [0, 0.1) is 5.41 Å². The fraction of sp³-hybridized carbons (Fsp3) is 0.571. The monoisotopic (exact) mass is 283 g/mol. The second kappa shape index (κ2) is 6.70. The van der Waals surface area contributed by atoms with Crippen LogP contribution in [0.1, 0.15) is 32.1 Å². The maximum atomic E-state index is 12.1. The molecule has 4 nitrogen and oxygen atoms in total. The van der Waals surface area contributed by atoms with Gasteiger partial charge in [-0.15, -0.1) is 11.3 Å². The molecular weight excluding hydrogens is 262 g/mol. The van der Waals surface area contributed by atoms with Crippen LogP contribution in [0.4, 0.5) is 4.79 Å². The normalized spacial score (nSPS) is 12.8. The van der Waals surface area contributed by atoms with E-state index in [4.69, 9.17) is 0 Å². The number of thiophene rings is 1. The summed E-state index contributed by atoms with van der Waals surface area (Å²) in [5, 5.41) is 4.71. The smallest absolute Gasteiger partial charge is 0.407 e. The van der Waals surface area contributed by atoms with Crippen molar-refractivity contribution in [1.82, 2.24) is 5.32 Å². The SMILES string of the molecule is COC(=O)N[C@@H](CC(=O)C(C)(C)C)Cc1cccs1. The molecule has 0 radical (unpaired) electrons. The van der Waals surface area contributed by atoms with Gasteiger partial charge in [-0.25, -0.2) is 4.79 Å². The summed E-state index contributed by atoms with van der Waals surface area (Å²) < 4.78 is 4.61. The van der Waals surface area contributed by atoms with Crippen molar-refractivity contribution < 1.29 is 14.3 Å². The minimum absolute atomic E-state index is 0.130. The van der Waals surface area contributed by atoms with Gasteiger partial charge >= 0.3 is 6.09 Å². The number of ether oxygens (including phenoxy) is 1. The maximum absolute atomic E-state index is 12.1. The summed E-state index contributed by atoms with van der Waals surface area (Å²) in [4.78, 5) is 24.6. The summed E-state index contributed by atoms with van der Waals surface area (Å²) >= 11 is 1.62. The van der Waals surface area contributed by atoms with E-state index in [1.54, 1.807) is 11.3 Å². The van der Waals surface area contributed by atoms with E-state index in [-0.39, 0.29) is 11.8 Å². The number of alkyl carbamates (subject to hydrolysis) is 1. The molecule has 0 saturated carbocycles. The number of methoxy groups -OCH3 is 1. The molecule has 0 spiro atoms. The zero-order valence-corrected chi connectivity index (χ0v) is 12.7. The van der Waals surface area contributed by atoms with Gasteiger partial charge in [0.25, 0.3) is 0 Å². The van der Waals surface area contributed by atoms with Gasteiger partial charge in [0.2, 0.25) is 0 Å². The molecule has 0 aliphatic carbocycles. The highest BCUT2D eigenvalue weighted by molar-refractivity contribution is 7.09. The van der Waals surface area contributed by atoms with Crippen molar-refractivity contribution in [2.75, 3.05) is 7.11 Å². The first-order chi connectivity index (χ1) is 8.82. The number of rotatable bonds is 5. The van der Waals surface area contributed by atoms with E-state index in [2.05, 4.69) is 10.1 Å². The van der Waals surface area contributed by atoms with Crippen LogP contribution in [-0.2, 0) is 16.0 Å². The molecule has 1 N–H and O–H groups in total. The van der Waals surface area contributed by atoms with Crippen LogP contribution >= 0.6 is 11.3 Å². The van der Waals surface area contributed by atoms with E-state index in [0.29, 0.717) is 12.8 Å². The Morgan fingerprint density at radius 1 is 1.42 bits per heavy atom. The number of carbonyl (C=O) groups excluding carboxylic acids is 2. The fourth-order valence-corrected chi connectivity index (χ4v) is 2.39. The molecule has 1 rings (SSSR count). The average molecular weight is 283 g/mol. The van der Waals surface area contributed by atoms with E-state index in [1.807, 2.05) is 38.3 Å². The van der Waals surface area contributed by atoms with Crippen LogP contribution in [0.5, 0.6) is 0 Å². The Kier molecular flexibility index (Phi) is 5.54. The van der Waals surface area contributed by atoms with Crippen LogP contribution in [0.3, 0.4) is 0 Å². The summed E-state index contributed by atoms with van der Waals surface area (Å²) in [7, 11) is 1.32. The third kappa shape index (κ3) is 5.42. The topological polar surface area (TPSA) is 55.4 Å². The molecule has 0 unspecified atom stereocenters. The van der Waals surface area contributed by atoms with Crippen molar-refractivity contribution in [3.05, 3.63) is 22.4 Å². The van der Waals surface area contributed by atoms with E-state index >= 15 is 0 Å². The standard InChI is InChI=1S/C14H21NO3S/c1-14(2,3)12(16)9-10(15-13(17)18-4)8-11-6-5-7-19-11/h5-7,10H,8-9H2,1-4H3,(H,15,17)/t10-/m1/s1. The number of hydrogen-bond acceptors (Lipinski definition) is 4. The van der Waals surface area contributed by atoms with Gasteiger partial charge in [0.15, 0.2) is 0 Å². The highest BCUT2D eigenvalue weighted by Crippen LogP contribution is 2.20. The van der Waals surface area contributed by atoms with Crippen molar-refractivity contribution in [3.8, 4) is 0 Å². The minimum Gasteiger partial charge on any atom is -0.453 e. The third-order valence-corrected chi connectivity index (χ3v) is 3.70. The third-order valence-electron chi connectivity index (χ3n) is 2.80. The first-order valence-corrected chi connectivity index (χ1v) is 7.11. The Labute approximate surface area is 118 Å². The number of Topliss-reactive ketones (excluding diaryl/α,β-unsaturated/α-hetero) is 1. The van der Waals surface area contributed by atoms with Gasteiger partial charge in [0.05, 0.1) is 7.11 Å². The van der Waals surface area contributed by atoms with Gasteiger partial charge in [-0.2, -0.15) is 0 Å². The molecule has 0 saturated heterocycles. The molecule has 5 heteroatoms. The molecule has 19 heavy (non-hydrogen) atoms. The van der Waals surface area contributed by atoms with Gasteiger partial charge in [0, 0.05) is 29.2 Å². The fourth-order valence-electron chi connectivity index (χ4n) is 1.60.